The molecule has 0 radical (unpaired) electrons. The zero-order chi connectivity index (χ0) is 20.8. The smallest absolute Gasteiger partial charge is 0.266 e. The van der Waals surface area contributed by atoms with Crippen molar-refractivity contribution in [1.82, 2.24) is 14.9 Å². The summed E-state index contributed by atoms with van der Waals surface area (Å²) in [6, 6.07) is 14.5. The molecule has 0 atom stereocenters. The number of thioether (sulfide) groups is 1. The average Bonchev–Trinajstić information content (AvgIpc) is 2.72. The first-order chi connectivity index (χ1) is 14.0. The highest BCUT2D eigenvalue weighted by molar-refractivity contribution is 7.99. The van der Waals surface area contributed by atoms with E-state index < -0.39 is 0 Å². The largest absolute Gasteiger partial charge is 0.497 e. The van der Waals surface area contributed by atoms with Crippen LogP contribution in [0, 0.1) is 5.92 Å². The Kier molecular flexibility index (Phi) is 6.93. The van der Waals surface area contributed by atoms with E-state index in [1.807, 2.05) is 30.3 Å². The molecule has 6 nitrogen and oxygen atoms in total. The first-order valence-corrected chi connectivity index (χ1v) is 10.5. The number of amides is 1. The van der Waals surface area contributed by atoms with Gasteiger partial charge in [-0.15, -0.1) is 0 Å². The molecule has 0 bridgehead atoms. The van der Waals surface area contributed by atoms with E-state index in [0.29, 0.717) is 40.0 Å². The van der Waals surface area contributed by atoms with Crippen LogP contribution in [0.4, 0.5) is 0 Å². The molecule has 0 aliphatic heterocycles. The molecule has 0 saturated carbocycles. The third-order valence-corrected chi connectivity index (χ3v) is 5.37. The van der Waals surface area contributed by atoms with Gasteiger partial charge in [-0.1, -0.05) is 43.8 Å². The molecular weight excluding hydrogens is 386 g/mol. The summed E-state index contributed by atoms with van der Waals surface area (Å²) in [4.78, 5) is 30.1. The summed E-state index contributed by atoms with van der Waals surface area (Å²) in [7, 11) is 1.58. The van der Waals surface area contributed by atoms with Crippen molar-refractivity contribution in [3.63, 3.8) is 0 Å². The molecule has 0 aliphatic rings. The number of hydrogen-bond acceptors (Lipinski definition) is 5. The van der Waals surface area contributed by atoms with Crippen molar-refractivity contribution in [1.29, 1.82) is 0 Å². The second-order valence-corrected chi connectivity index (χ2v) is 8.02. The molecule has 2 aromatic carbocycles. The van der Waals surface area contributed by atoms with E-state index in [1.54, 1.807) is 25.3 Å². The van der Waals surface area contributed by atoms with Gasteiger partial charge in [0.1, 0.15) is 5.75 Å². The first-order valence-electron chi connectivity index (χ1n) is 9.55. The highest BCUT2D eigenvalue weighted by Crippen LogP contribution is 2.23. The maximum absolute atomic E-state index is 13.2. The van der Waals surface area contributed by atoms with Gasteiger partial charge in [-0.25, -0.2) is 4.98 Å². The van der Waals surface area contributed by atoms with Gasteiger partial charge in [0.15, 0.2) is 5.16 Å². The van der Waals surface area contributed by atoms with Crippen molar-refractivity contribution in [2.24, 2.45) is 5.92 Å². The van der Waals surface area contributed by atoms with Gasteiger partial charge in [-0.2, -0.15) is 0 Å². The van der Waals surface area contributed by atoms with E-state index in [1.165, 1.54) is 16.3 Å². The van der Waals surface area contributed by atoms with Crippen LogP contribution in [0.3, 0.4) is 0 Å². The molecule has 3 aromatic rings. The second-order valence-electron chi connectivity index (χ2n) is 7.07. The van der Waals surface area contributed by atoms with Crippen LogP contribution in [0.1, 0.15) is 20.3 Å². The van der Waals surface area contributed by atoms with Gasteiger partial charge in [-0.3, -0.25) is 14.2 Å². The highest BCUT2D eigenvalue weighted by atomic mass is 32.2. The van der Waals surface area contributed by atoms with Crippen LogP contribution in [0.15, 0.2) is 58.5 Å². The number of carbonyl (C=O) groups excluding carboxylic acids is 1. The van der Waals surface area contributed by atoms with E-state index in [0.717, 1.165) is 6.42 Å². The fourth-order valence-corrected chi connectivity index (χ4v) is 3.71. The summed E-state index contributed by atoms with van der Waals surface area (Å²) in [5, 5.41) is 3.92. The predicted molar refractivity (Wildman–Crippen MR) is 117 cm³/mol. The van der Waals surface area contributed by atoms with Gasteiger partial charge in [0, 0.05) is 12.6 Å². The SMILES string of the molecule is COc1cccc(-n2c(SCC(=O)NCCC(C)C)nc3ccccc3c2=O)c1. The topological polar surface area (TPSA) is 73.2 Å². The number of ether oxygens (including phenoxy) is 1. The second kappa shape index (κ2) is 9.60. The molecule has 29 heavy (non-hydrogen) atoms. The van der Waals surface area contributed by atoms with E-state index in [-0.39, 0.29) is 17.2 Å². The van der Waals surface area contributed by atoms with E-state index >= 15 is 0 Å². The standard InChI is InChI=1S/C22H25N3O3S/c1-15(2)11-12-23-20(26)14-29-22-24-19-10-5-4-9-18(19)21(27)25(22)16-7-6-8-17(13-16)28-3/h4-10,13,15H,11-12,14H2,1-3H3,(H,23,26). The Morgan fingerprint density at radius 2 is 2.00 bits per heavy atom. The van der Waals surface area contributed by atoms with Gasteiger partial charge in [-0.05, 0) is 36.6 Å². The molecule has 7 heteroatoms. The third kappa shape index (κ3) is 5.17. The number of nitrogens with one attached hydrogen (secondary N) is 1. The molecule has 1 heterocycles. The average molecular weight is 412 g/mol. The van der Waals surface area contributed by atoms with Crippen LogP contribution >= 0.6 is 11.8 Å². The number of fused-ring (bicyclic) bond motifs is 1. The lowest BCUT2D eigenvalue weighted by molar-refractivity contribution is -0.118. The number of rotatable bonds is 8. The maximum Gasteiger partial charge on any atom is 0.266 e. The number of nitrogens with zero attached hydrogens (tertiary/aromatic N) is 2. The summed E-state index contributed by atoms with van der Waals surface area (Å²) in [6.45, 7) is 4.88. The molecular formula is C22H25N3O3S. The summed E-state index contributed by atoms with van der Waals surface area (Å²) in [5.41, 5.74) is 1.08. The highest BCUT2D eigenvalue weighted by Gasteiger charge is 2.15. The maximum atomic E-state index is 13.2. The number of methoxy groups -OCH3 is 1. The molecule has 152 valence electrons. The quantitative estimate of drug-likeness (QED) is 0.452. The normalized spacial score (nSPS) is 11.0. The van der Waals surface area contributed by atoms with Crippen molar-refractivity contribution < 1.29 is 9.53 Å². The number of aromatic nitrogens is 2. The van der Waals surface area contributed by atoms with Gasteiger partial charge in [0.25, 0.3) is 5.56 Å². The Morgan fingerprint density at radius 3 is 2.76 bits per heavy atom. The molecule has 3 rings (SSSR count). The van der Waals surface area contributed by atoms with Gasteiger partial charge < -0.3 is 10.1 Å². The number of benzene rings is 2. The van der Waals surface area contributed by atoms with E-state index in [4.69, 9.17) is 4.74 Å². The fraction of sp³-hybridized carbons (Fsp3) is 0.318. The minimum atomic E-state index is -0.174. The molecule has 0 saturated heterocycles. The minimum absolute atomic E-state index is 0.0738. The Bertz CT molecular complexity index is 1060. The van der Waals surface area contributed by atoms with Crippen molar-refractivity contribution in [2.75, 3.05) is 19.4 Å². The van der Waals surface area contributed by atoms with Crippen molar-refractivity contribution in [2.45, 2.75) is 25.4 Å². The van der Waals surface area contributed by atoms with Crippen LogP contribution in [-0.4, -0.2) is 34.9 Å². The first kappa shape index (κ1) is 20.9. The zero-order valence-corrected chi connectivity index (χ0v) is 17.7. The van der Waals surface area contributed by atoms with Crippen molar-refractivity contribution in [3.8, 4) is 11.4 Å². The van der Waals surface area contributed by atoms with Crippen molar-refractivity contribution >= 4 is 28.6 Å². The van der Waals surface area contributed by atoms with Gasteiger partial charge in [0.2, 0.25) is 5.91 Å². The number of hydrogen-bond donors (Lipinski definition) is 1. The Balaban J connectivity index is 1.94. The lowest BCUT2D eigenvalue weighted by atomic mass is 10.1. The molecule has 0 aliphatic carbocycles. The summed E-state index contributed by atoms with van der Waals surface area (Å²) >= 11 is 1.25. The molecule has 1 aromatic heterocycles. The Morgan fingerprint density at radius 1 is 1.21 bits per heavy atom. The molecule has 0 spiro atoms. The van der Waals surface area contributed by atoms with Crippen molar-refractivity contribution in [3.05, 3.63) is 58.9 Å². The van der Waals surface area contributed by atoms with Gasteiger partial charge in [0.05, 0.1) is 29.5 Å². The van der Waals surface area contributed by atoms with E-state index in [2.05, 4.69) is 24.1 Å². The van der Waals surface area contributed by atoms with Gasteiger partial charge >= 0.3 is 0 Å². The summed E-state index contributed by atoms with van der Waals surface area (Å²) < 4.78 is 6.84. The minimum Gasteiger partial charge on any atom is -0.497 e. The van der Waals surface area contributed by atoms with Crippen LogP contribution < -0.4 is 15.6 Å². The Labute approximate surface area is 174 Å². The summed E-state index contributed by atoms with van der Waals surface area (Å²) in [6.07, 6.45) is 0.930. The molecule has 1 N–H and O–H groups in total. The molecule has 0 unspecified atom stereocenters. The predicted octanol–water partition coefficient (Wildman–Crippen LogP) is 3.65. The monoisotopic (exact) mass is 411 g/mol. The van der Waals surface area contributed by atoms with Crippen LogP contribution in [-0.2, 0) is 4.79 Å². The summed E-state index contributed by atoms with van der Waals surface area (Å²) in [5.74, 6) is 1.29. The van der Waals surface area contributed by atoms with E-state index in [9.17, 15) is 9.59 Å². The number of carbonyl (C=O) groups is 1. The van der Waals surface area contributed by atoms with Crippen LogP contribution in [0.5, 0.6) is 5.75 Å². The van der Waals surface area contributed by atoms with Crippen LogP contribution in [0.2, 0.25) is 0 Å². The van der Waals surface area contributed by atoms with Crippen LogP contribution in [0.25, 0.3) is 16.6 Å². The molecule has 0 fully saturated rings. The molecule has 1 amide bonds. The number of para-hydroxylation sites is 1. The fourth-order valence-electron chi connectivity index (χ4n) is 2.87. The lowest BCUT2D eigenvalue weighted by Gasteiger charge is -2.14. The third-order valence-electron chi connectivity index (χ3n) is 4.43. The Hall–Kier alpha value is -2.80. The zero-order valence-electron chi connectivity index (χ0n) is 16.8. The lowest BCUT2D eigenvalue weighted by Crippen LogP contribution is -2.28.